The summed E-state index contributed by atoms with van der Waals surface area (Å²) in [6.07, 6.45) is 0.342. The van der Waals surface area contributed by atoms with E-state index in [4.69, 9.17) is 4.74 Å². The molecule has 5 nitrogen and oxygen atoms in total. The van der Waals surface area contributed by atoms with Crippen molar-refractivity contribution in [1.82, 2.24) is 9.80 Å². The van der Waals surface area contributed by atoms with Crippen LogP contribution in [0.2, 0.25) is 0 Å². The minimum absolute atomic E-state index is 0.00133. The first kappa shape index (κ1) is 19.6. The monoisotopic (exact) mass is 392 g/mol. The van der Waals surface area contributed by atoms with Crippen molar-refractivity contribution in [3.63, 3.8) is 0 Å². The van der Waals surface area contributed by atoms with Crippen LogP contribution in [-0.4, -0.2) is 59.5 Å². The van der Waals surface area contributed by atoms with E-state index < -0.39 is 5.60 Å². The fraction of sp³-hybridized carbons (Fsp3) is 0.417. The number of hydrogen-bond acceptors (Lipinski definition) is 3. The first-order valence-corrected chi connectivity index (χ1v) is 10.3. The second-order valence-corrected chi connectivity index (χ2v) is 8.23. The molecule has 0 unspecified atom stereocenters. The van der Waals surface area contributed by atoms with Gasteiger partial charge >= 0.3 is 0 Å². The lowest BCUT2D eigenvalue weighted by molar-refractivity contribution is -0.168. The van der Waals surface area contributed by atoms with E-state index in [0.717, 1.165) is 11.1 Å². The topological polar surface area (TPSA) is 49.9 Å². The number of benzene rings is 2. The highest BCUT2D eigenvalue weighted by Crippen LogP contribution is 2.42. The summed E-state index contributed by atoms with van der Waals surface area (Å²) in [4.78, 5) is 30.2. The van der Waals surface area contributed by atoms with Crippen molar-refractivity contribution in [3.8, 4) is 0 Å². The lowest BCUT2D eigenvalue weighted by atomic mass is 9.83. The van der Waals surface area contributed by atoms with Gasteiger partial charge in [0.05, 0.1) is 19.6 Å². The molecule has 5 heteroatoms. The SMILES string of the molecule is CC(C)N1C[C@H](c2ccccc2)[C@@]2(CN(C(=O)Cc3ccccc3)CCO2)C1=O. The number of morpholine rings is 1. The number of amides is 2. The highest BCUT2D eigenvalue weighted by atomic mass is 16.5. The van der Waals surface area contributed by atoms with Gasteiger partial charge in [0.2, 0.25) is 5.91 Å². The Morgan fingerprint density at radius 3 is 2.41 bits per heavy atom. The lowest BCUT2D eigenvalue weighted by Gasteiger charge is -2.42. The highest BCUT2D eigenvalue weighted by molar-refractivity contribution is 5.91. The third kappa shape index (κ3) is 3.67. The molecule has 29 heavy (non-hydrogen) atoms. The summed E-state index contributed by atoms with van der Waals surface area (Å²) >= 11 is 0. The van der Waals surface area contributed by atoms with Crippen LogP contribution >= 0.6 is 0 Å². The molecule has 2 amide bonds. The predicted molar refractivity (Wildman–Crippen MR) is 111 cm³/mol. The summed E-state index contributed by atoms with van der Waals surface area (Å²) in [5.74, 6) is -0.0500. The van der Waals surface area contributed by atoms with Gasteiger partial charge in [-0.3, -0.25) is 9.59 Å². The molecular weight excluding hydrogens is 364 g/mol. The van der Waals surface area contributed by atoms with Crippen molar-refractivity contribution in [3.05, 3.63) is 71.8 Å². The largest absolute Gasteiger partial charge is 0.361 e. The van der Waals surface area contributed by atoms with Gasteiger partial charge in [-0.2, -0.15) is 0 Å². The van der Waals surface area contributed by atoms with E-state index in [-0.39, 0.29) is 23.8 Å². The average Bonchev–Trinajstić information content (AvgIpc) is 3.01. The van der Waals surface area contributed by atoms with Gasteiger partial charge in [-0.15, -0.1) is 0 Å². The minimum Gasteiger partial charge on any atom is -0.361 e. The van der Waals surface area contributed by atoms with Crippen LogP contribution in [-0.2, 0) is 20.7 Å². The number of ether oxygens (including phenoxy) is 1. The van der Waals surface area contributed by atoms with Crippen molar-refractivity contribution < 1.29 is 14.3 Å². The van der Waals surface area contributed by atoms with Crippen LogP contribution in [0.3, 0.4) is 0 Å². The summed E-state index contributed by atoms with van der Waals surface area (Å²) in [5.41, 5.74) is 1.07. The number of hydrogen-bond donors (Lipinski definition) is 0. The van der Waals surface area contributed by atoms with E-state index in [1.807, 2.05) is 72.2 Å². The van der Waals surface area contributed by atoms with Gasteiger partial charge in [-0.1, -0.05) is 60.7 Å². The molecule has 152 valence electrons. The maximum absolute atomic E-state index is 13.5. The fourth-order valence-electron chi connectivity index (χ4n) is 4.51. The van der Waals surface area contributed by atoms with Crippen LogP contribution in [0.15, 0.2) is 60.7 Å². The Labute approximate surface area is 172 Å². The van der Waals surface area contributed by atoms with Crippen LogP contribution in [0.5, 0.6) is 0 Å². The Balaban J connectivity index is 1.62. The van der Waals surface area contributed by atoms with E-state index >= 15 is 0 Å². The Bertz CT molecular complexity index is 868. The number of rotatable bonds is 4. The average molecular weight is 392 g/mol. The fourth-order valence-corrected chi connectivity index (χ4v) is 4.51. The van der Waals surface area contributed by atoms with Crippen molar-refractivity contribution in [2.24, 2.45) is 0 Å². The molecule has 2 saturated heterocycles. The van der Waals surface area contributed by atoms with Crippen molar-refractivity contribution in [2.75, 3.05) is 26.2 Å². The van der Waals surface area contributed by atoms with Gasteiger partial charge in [-0.05, 0) is 25.0 Å². The molecule has 2 aromatic rings. The zero-order valence-electron chi connectivity index (χ0n) is 17.1. The normalized spacial score (nSPS) is 24.5. The molecule has 0 aliphatic carbocycles. The molecule has 2 aliphatic heterocycles. The Hall–Kier alpha value is -2.66. The molecule has 2 aliphatic rings. The molecule has 2 aromatic carbocycles. The number of nitrogens with zero attached hydrogens (tertiary/aromatic N) is 2. The zero-order chi connectivity index (χ0) is 20.4. The summed E-state index contributed by atoms with van der Waals surface area (Å²) in [6.45, 7) is 5.87. The maximum Gasteiger partial charge on any atom is 0.257 e. The van der Waals surface area contributed by atoms with Crippen molar-refractivity contribution in [2.45, 2.75) is 37.8 Å². The highest BCUT2D eigenvalue weighted by Gasteiger charge is 2.58. The van der Waals surface area contributed by atoms with Crippen LogP contribution in [0.4, 0.5) is 0 Å². The predicted octanol–water partition coefficient (Wildman–Crippen LogP) is 2.86. The van der Waals surface area contributed by atoms with E-state index in [0.29, 0.717) is 32.7 Å². The maximum atomic E-state index is 13.5. The smallest absolute Gasteiger partial charge is 0.257 e. The summed E-state index contributed by atoms with van der Waals surface area (Å²) in [6, 6.07) is 19.9. The first-order chi connectivity index (χ1) is 14.0. The number of likely N-dealkylation sites (tertiary alicyclic amines) is 1. The Morgan fingerprint density at radius 1 is 1.10 bits per heavy atom. The second kappa shape index (κ2) is 7.99. The van der Waals surface area contributed by atoms with E-state index in [1.54, 1.807) is 0 Å². The van der Waals surface area contributed by atoms with E-state index in [2.05, 4.69) is 12.1 Å². The number of carbonyl (C=O) groups excluding carboxylic acids is 2. The number of carbonyl (C=O) groups is 2. The van der Waals surface area contributed by atoms with E-state index in [9.17, 15) is 9.59 Å². The van der Waals surface area contributed by atoms with Gasteiger partial charge in [0.25, 0.3) is 5.91 Å². The molecule has 0 bridgehead atoms. The third-order valence-corrected chi connectivity index (χ3v) is 6.09. The first-order valence-electron chi connectivity index (χ1n) is 10.3. The molecule has 2 fully saturated rings. The molecular formula is C24H28N2O3. The van der Waals surface area contributed by atoms with Gasteiger partial charge in [0, 0.05) is 25.0 Å². The van der Waals surface area contributed by atoms with Gasteiger partial charge in [0.15, 0.2) is 5.60 Å². The van der Waals surface area contributed by atoms with Crippen LogP contribution in [0.1, 0.15) is 30.9 Å². The summed E-state index contributed by atoms with van der Waals surface area (Å²) in [7, 11) is 0. The van der Waals surface area contributed by atoms with E-state index in [1.165, 1.54) is 0 Å². The van der Waals surface area contributed by atoms with Crippen molar-refractivity contribution >= 4 is 11.8 Å². The van der Waals surface area contributed by atoms with Crippen LogP contribution < -0.4 is 0 Å². The third-order valence-electron chi connectivity index (χ3n) is 6.09. The molecule has 0 radical (unpaired) electrons. The lowest BCUT2D eigenvalue weighted by Crippen LogP contribution is -2.60. The molecule has 0 saturated carbocycles. The van der Waals surface area contributed by atoms with Gasteiger partial charge < -0.3 is 14.5 Å². The summed E-state index contributed by atoms with van der Waals surface area (Å²) < 4.78 is 6.23. The Morgan fingerprint density at radius 2 is 1.76 bits per heavy atom. The van der Waals surface area contributed by atoms with Gasteiger partial charge in [0.1, 0.15) is 0 Å². The van der Waals surface area contributed by atoms with Crippen LogP contribution in [0.25, 0.3) is 0 Å². The molecule has 1 spiro atoms. The molecule has 0 N–H and O–H groups in total. The van der Waals surface area contributed by atoms with Gasteiger partial charge in [-0.25, -0.2) is 0 Å². The molecule has 4 rings (SSSR count). The quantitative estimate of drug-likeness (QED) is 0.804. The van der Waals surface area contributed by atoms with Crippen LogP contribution in [0, 0.1) is 0 Å². The molecule has 0 aromatic heterocycles. The molecule has 2 heterocycles. The second-order valence-electron chi connectivity index (χ2n) is 8.23. The molecule has 2 atom stereocenters. The van der Waals surface area contributed by atoms with Crippen molar-refractivity contribution in [1.29, 1.82) is 0 Å². The standard InChI is InChI=1S/C24H28N2O3/c1-18(2)26-16-21(20-11-7-4-8-12-20)24(23(26)28)17-25(13-14-29-24)22(27)15-19-9-5-3-6-10-19/h3-12,18,21H,13-17H2,1-2H3/t21-,24+/m1/s1. The minimum atomic E-state index is -1.00. The Kier molecular flexibility index (Phi) is 5.41. The zero-order valence-corrected chi connectivity index (χ0v) is 17.1. The summed E-state index contributed by atoms with van der Waals surface area (Å²) in [5, 5.41) is 0.